The molecule has 1 amide bonds. The molecule has 0 aliphatic rings. The van der Waals surface area contributed by atoms with Crippen LogP contribution in [-0.4, -0.2) is 25.7 Å². The van der Waals surface area contributed by atoms with Crippen molar-refractivity contribution >= 4 is 12.0 Å². The fourth-order valence-electron chi connectivity index (χ4n) is 1.63. The van der Waals surface area contributed by atoms with Crippen molar-refractivity contribution in [2.75, 3.05) is 13.7 Å². The molecule has 4 nitrogen and oxygen atoms in total. The van der Waals surface area contributed by atoms with Crippen LogP contribution in [0.15, 0.2) is 24.3 Å². The normalized spacial score (nSPS) is 12.2. The molecule has 1 rings (SSSR count). The van der Waals surface area contributed by atoms with E-state index < -0.39 is 0 Å². The van der Waals surface area contributed by atoms with Crippen LogP contribution in [0.3, 0.4) is 0 Å². The zero-order valence-electron chi connectivity index (χ0n) is 12.6. The summed E-state index contributed by atoms with van der Waals surface area (Å²) in [6.07, 6.45) is 4.21. The van der Waals surface area contributed by atoms with E-state index in [0.717, 1.165) is 12.0 Å². The molecule has 0 aliphatic carbocycles. The number of ether oxygens (including phenoxy) is 2. The molecule has 0 aromatic heterocycles. The highest BCUT2D eigenvalue weighted by Gasteiger charge is 2.05. The van der Waals surface area contributed by atoms with Crippen molar-refractivity contribution in [2.24, 2.45) is 0 Å². The van der Waals surface area contributed by atoms with Crippen LogP contribution in [0.5, 0.6) is 11.5 Å². The second-order valence-corrected chi connectivity index (χ2v) is 4.49. The lowest BCUT2D eigenvalue weighted by Gasteiger charge is -2.10. The van der Waals surface area contributed by atoms with E-state index in [4.69, 9.17) is 9.47 Å². The first-order chi connectivity index (χ1) is 9.60. The van der Waals surface area contributed by atoms with Gasteiger partial charge in [-0.15, -0.1) is 0 Å². The highest BCUT2D eigenvalue weighted by atomic mass is 16.5. The lowest BCUT2D eigenvalue weighted by Crippen LogP contribution is -2.30. The molecule has 110 valence electrons. The van der Waals surface area contributed by atoms with Crippen LogP contribution >= 0.6 is 0 Å². The van der Waals surface area contributed by atoms with Gasteiger partial charge in [-0.05, 0) is 44.0 Å². The Morgan fingerprint density at radius 3 is 2.70 bits per heavy atom. The first kappa shape index (κ1) is 16.1. The van der Waals surface area contributed by atoms with E-state index in [1.807, 2.05) is 39.0 Å². The lowest BCUT2D eigenvalue weighted by atomic mass is 10.2. The Balaban J connectivity index is 2.77. The lowest BCUT2D eigenvalue weighted by molar-refractivity contribution is -0.117. The van der Waals surface area contributed by atoms with Gasteiger partial charge in [0.1, 0.15) is 0 Å². The van der Waals surface area contributed by atoms with Crippen molar-refractivity contribution in [3.8, 4) is 11.5 Å². The summed E-state index contributed by atoms with van der Waals surface area (Å²) >= 11 is 0. The van der Waals surface area contributed by atoms with Crippen molar-refractivity contribution in [3.05, 3.63) is 29.8 Å². The monoisotopic (exact) mass is 277 g/mol. The van der Waals surface area contributed by atoms with Gasteiger partial charge >= 0.3 is 0 Å². The number of hydrogen-bond donors (Lipinski definition) is 1. The standard InChI is InChI=1S/C16H23NO3/c1-5-12(3)17-16(18)10-8-13-7-9-14(19-4)15(11-13)20-6-2/h7-12H,5-6H2,1-4H3,(H,17,18)/b10-8+. The molecular weight excluding hydrogens is 254 g/mol. The summed E-state index contributed by atoms with van der Waals surface area (Å²) in [7, 11) is 1.60. The second-order valence-electron chi connectivity index (χ2n) is 4.49. The van der Waals surface area contributed by atoms with Gasteiger partial charge < -0.3 is 14.8 Å². The highest BCUT2D eigenvalue weighted by Crippen LogP contribution is 2.28. The minimum Gasteiger partial charge on any atom is -0.493 e. The topological polar surface area (TPSA) is 47.6 Å². The molecule has 0 aliphatic heterocycles. The summed E-state index contributed by atoms with van der Waals surface area (Å²) in [5.74, 6) is 1.28. The van der Waals surface area contributed by atoms with Crippen LogP contribution in [0, 0.1) is 0 Å². The summed E-state index contributed by atoms with van der Waals surface area (Å²) in [6.45, 7) is 6.50. The minimum atomic E-state index is -0.0897. The predicted octanol–water partition coefficient (Wildman–Crippen LogP) is 3.02. The van der Waals surface area contributed by atoms with Crippen LogP contribution in [0.1, 0.15) is 32.8 Å². The van der Waals surface area contributed by atoms with Crippen molar-refractivity contribution in [2.45, 2.75) is 33.2 Å². The largest absolute Gasteiger partial charge is 0.493 e. The Labute approximate surface area is 120 Å². The highest BCUT2D eigenvalue weighted by molar-refractivity contribution is 5.91. The number of benzene rings is 1. The van der Waals surface area contributed by atoms with Crippen molar-refractivity contribution in [3.63, 3.8) is 0 Å². The molecule has 0 bridgehead atoms. The van der Waals surface area contributed by atoms with Gasteiger partial charge in [-0.25, -0.2) is 0 Å². The smallest absolute Gasteiger partial charge is 0.244 e. The maximum absolute atomic E-state index is 11.7. The van der Waals surface area contributed by atoms with E-state index in [-0.39, 0.29) is 11.9 Å². The first-order valence-corrected chi connectivity index (χ1v) is 6.90. The molecule has 1 aromatic rings. The number of carbonyl (C=O) groups is 1. The number of carbonyl (C=O) groups excluding carboxylic acids is 1. The average molecular weight is 277 g/mol. The van der Waals surface area contributed by atoms with Crippen LogP contribution in [0.25, 0.3) is 6.08 Å². The Hall–Kier alpha value is -1.97. The summed E-state index contributed by atoms with van der Waals surface area (Å²) in [6, 6.07) is 5.75. The molecule has 1 atom stereocenters. The number of amides is 1. The zero-order valence-corrected chi connectivity index (χ0v) is 12.6. The Morgan fingerprint density at radius 2 is 2.10 bits per heavy atom. The van der Waals surface area contributed by atoms with E-state index in [1.165, 1.54) is 6.08 Å². The zero-order chi connectivity index (χ0) is 15.0. The average Bonchev–Trinajstić information content (AvgIpc) is 2.45. The van der Waals surface area contributed by atoms with E-state index in [9.17, 15) is 4.79 Å². The number of methoxy groups -OCH3 is 1. The molecule has 0 saturated carbocycles. The molecule has 1 aromatic carbocycles. The molecule has 0 fully saturated rings. The number of nitrogens with one attached hydrogen (secondary N) is 1. The van der Waals surface area contributed by atoms with Crippen LogP contribution in [-0.2, 0) is 4.79 Å². The third kappa shape index (κ3) is 4.96. The Morgan fingerprint density at radius 1 is 1.35 bits per heavy atom. The molecule has 0 heterocycles. The third-order valence-corrected chi connectivity index (χ3v) is 2.92. The van der Waals surface area contributed by atoms with Gasteiger partial charge in [0.15, 0.2) is 11.5 Å². The summed E-state index contributed by atoms with van der Waals surface area (Å²) < 4.78 is 10.7. The van der Waals surface area contributed by atoms with Crippen molar-refractivity contribution in [1.29, 1.82) is 0 Å². The van der Waals surface area contributed by atoms with Gasteiger partial charge in [-0.2, -0.15) is 0 Å². The predicted molar refractivity (Wildman–Crippen MR) is 81.1 cm³/mol. The van der Waals surface area contributed by atoms with Crippen LogP contribution in [0.2, 0.25) is 0 Å². The van der Waals surface area contributed by atoms with Gasteiger partial charge in [0.2, 0.25) is 5.91 Å². The van der Waals surface area contributed by atoms with E-state index in [1.54, 1.807) is 13.2 Å². The molecule has 1 N–H and O–H groups in total. The summed E-state index contributed by atoms with van der Waals surface area (Å²) in [5, 5.41) is 2.88. The SMILES string of the molecule is CCOc1cc(/C=C/C(=O)NC(C)CC)ccc1OC. The Kier molecular flexibility index (Phi) is 6.64. The van der Waals surface area contributed by atoms with E-state index >= 15 is 0 Å². The molecule has 4 heteroatoms. The fraction of sp³-hybridized carbons (Fsp3) is 0.438. The minimum absolute atomic E-state index is 0.0897. The first-order valence-electron chi connectivity index (χ1n) is 6.90. The quantitative estimate of drug-likeness (QED) is 0.779. The molecule has 20 heavy (non-hydrogen) atoms. The van der Waals surface area contributed by atoms with Crippen LogP contribution in [0.4, 0.5) is 0 Å². The summed E-state index contributed by atoms with van der Waals surface area (Å²) in [4.78, 5) is 11.7. The van der Waals surface area contributed by atoms with Gasteiger partial charge in [-0.1, -0.05) is 13.0 Å². The third-order valence-electron chi connectivity index (χ3n) is 2.92. The number of rotatable bonds is 7. The molecule has 0 saturated heterocycles. The maximum Gasteiger partial charge on any atom is 0.244 e. The van der Waals surface area contributed by atoms with Gasteiger partial charge in [0.05, 0.1) is 13.7 Å². The molecule has 0 spiro atoms. The van der Waals surface area contributed by atoms with Crippen molar-refractivity contribution in [1.82, 2.24) is 5.32 Å². The van der Waals surface area contributed by atoms with Gasteiger partial charge in [0.25, 0.3) is 0 Å². The van der Waals surface area contributed by atoms with E-state index in [0.29, 0.717) is 18.1 Å². The molecule has 1 unspecified atom stereocenters. The van der Waals surface area contributed by atoms with E-state index in [2.05, 4.69) is 5.32 Å². The fourth-order valence-corrected chi connectivity index (χ4v) is 1.63. The van der Waals surface area contributed by atoms with Gasteiger partial charge in [0, 0.05) is 12.1 Å². The summed E-state index contributed by atoms with van der Waals surface area (Å²) in [5.41, 5.74) is 0.897. The van der Waals surface area contributed by atoms with Gasteiger partial charge in [-0.3, -0.25) is 4.79 Å². The molecular formula is C16H23NO3. The van der Waals surface area contributed by atoms with Crippen molar-refractivity contribution < 1.29 is 14.3 Å². The maximum atomic E-state index is 11.7. The second kappa shape index (κ2) is 8.25. The van der Waals surface area contributed by atoms with Crippen LogP contribution < -0.4 is 14.8 Å². The molecule has 0 radical (unpaired) electrons. The Bertz CT molecular complexity index is 469. The number of hydrogen-bond acceptors (Lipinski definition) is 3.